The van der Waals surface area contributed by atoms with Crippen molar-refractivity contribution in [2.75, 3.05) is 11.1 Å². The number of β-lactam (4-membered cyclic amide) rings is 1. The SMILES string of the molecule is CC(=O)C1=C(C(=S)OC(c2ccccc2)c2ccccc2)N2C(=O)C(NC(=O)/C(=N\OC(c3ccccc3)(c3ccccc3)c3ccccc3)c3csc(NC(c4ccccc4)(c4ccccc4)c4ccccc4)n3)[C@H]2SC1. The van der Waals surface area contributed by atoms with Gasteiger partial charge in [0.2, 0.25) is 10.7 Å². The van der Waals surface area contributed by atoms with Gasteiger partial charge >= 0.3 is 0 Å². The molecule has 0 radical (unpaired) electrons. The van der Waals surface area contributed by atoms with Gasteiger partial charge in [0.1, 0.15) is 34.4 Å². The fourth-order valence-electron chi connectivity index (χ4n) is 10.2. The Labute approximate surface area is 466 Å². The Balaban J connectivity index is 0.986. The summed E-state index contributed by atoms with van der Waals surface area (Å²) in [7, 11) is 0. The smallest absolute Gasteiger partial charge is 0.276 e. The summed E-state index contributed by atoms with van der Waals surface area (Å²) in [5.74, 6) is -1.19. The first-order chi connectivity index (χ1) is 38.3. The molecule has 0 bridgehead atoms. The van der Waals surface area contributed by atoms with Crippen LogP contribution in [0, 0.1) is 0 Å². The summed E-state index contributed by atoms with van der Waals surface area (Å²) >= 11 is 8.72. The van der Waals surface area contributed by atoms with Crippen molar-refractivity contribution < 1.29 is 24.0 Å². The third kappa shape index (κ3) is 9.95. The number of thiazole rings is 1. The minimum absolute atomic E-state index is 0.00357. The van der Waals surface area contributed by atoms with Gasteiger partial charge in [0.05, 0.1) is 0 Å². The number of nitrogens with one attached hydrogen (secondary N) is 2. The van der Waals surface area contributed by atoms with Crippen molar-refractivity contribution in [3.8, 4) is 0 Å². The minimum Gasteiger partial charge on any atom is -0.469 e. The van der Waals surface area contributed by atoms with E-state index in [0.717, 1.165) is 44.5 Å². The molecule has 2 aliphatic rings. The average Bonchev–Trinajstić information content (AvgIpc) is 4.11. The largest absolute Gasteiger partial charge is 0.469 e. The fourth-order valence-corrected chi connectivity index (χ4v) is 12.7. The van der Waals surface area contributed by atoms with Crippen molar-refractivity contribution in [3.63, 3.8) is 0 Å². The zero-order chi connectivity index (χ0) is 53.5. The molecule has 2 atom stereocenters. The second-order valence-electron chi connectivity index (χ2n) is 18.7. The molecule has 3 heterocycles. The number of anilines is 1. The van der Waals surface area contributed by atoms with Crippen LogP contribution in [0.5, 0.6) is 0 Å². The van der Waals surface area contributed by atoms with E-state index in [4.69, 9.17) is 31.9 Å². The first kappa shape index (κ1) is 51.4. The maximum absolute atomic E-state index is 15.4. The number of hydrogen-bond donors (Lipinski definition) is 2. The first-order valence-corrected chi connectivity index (χ1v) is 27.7. The van der Waals surface area contributed by atoms with E-state index >= 15 is 4.79 Å². The Morgan fingerprint density at radius 3 is 1.46 bits per heavy atom. The number of thioether (sulfide) groups is 1. The summed E-state index contributed by atoms with van der Waals surface area (Å²) in [6.45, 7) is 1.46. The lowest BCUT2D eigenvalue weighted by atomic mass is 9.77. The number of aromatic nitrogens is 1. The molecule has 11 rings (SSSR count). The van der Waals surface area contributed by atoms with E-state index < -0.39 is 40.5 Å². The molecule has 8 aromatic carbocycles. The van der Waals surface area contributed by atoms with Gasteiger partial charge in [-0.1, -0.05) is 248 Å². The Kier molecular flexibility index (Phi) is 15.0. The van der Waals surface area contributed by atoms with Crippen molar-refractivity contribution in [1.82, 2.24) is 15.2 Å². The number of nitrogens with zero attached hydrogens (tertiary/aromatic N) is 3. The number of ether oxygens (including phenoxy) is 1. The van der Waals surface area contributed by atoms with Crippen LogP contribution in [0.3, 0.4) is 0 Å². The first-order valence-electron chi connectivity index (χ1n) is 25.4. The highest BCUT2D eigenvalue weighted by Gasteiger charge is 2.55. The van der Waals surface area contributed by atoms with E-state index in [2.05, 4.69) is 47.0 Å². The van der Waals surface area contributed by atoms with Gasteiger partial charge in [-0.3, -0.25) is 19.3 Å². The Morgan fingerprint density at radius 1 is 0.628 bits per heavy atom. The molecule has 1 saturated heterocycles. The van der Waals surface area contributed by atoms with Crippen molar-refractivity contribution in [2.45, 2.75) is 35.6 Å². The van der Waals surface area contributed by atoms with Crippen LogP contribution in [0.25, 0.3) is 0 Å². The lowest BCUT2D eigenvalue weighted by Crippen LogP contribution is -2.71. The molecular weight excluding hydrogens is 1030 g/mol. The summed E-state index contributed by atoms with van der Waals surface area (Å²) < 4.78 is 6.63. The van der Waals surface area contributed by atoms with Crippen LogP contribution in [0.2, 0.25) is 0 Å². The normalized spacial score (nSPS) is 15.4. The van der Waals surface area contributed by atoms with Crippen molar-refractivity contribution in [3.05, 3.63) is 310 Å². The highest BCUT2D eigenvalue weighted by atomic mass is 32.2. The predicted octanol–water partition coefficient (Wildman–Crippen LogP) is 12.6. The maximum Gasteiger partial charge on any atom is 0.276 e. The lowest BCUT2D eigenvalue weighted by molar-refractivity contribution is -0.144. The molecule has 1 aromatic heterocycles. The molecule has 1 fully saturated rings. The number of fused-ring (bicyclic) bond motifs is 1. The second-order valence-corrected chi connectivity index (χ2v) is 21.0. The number of carbonyl (C=O) groups is 3. The lowest BCUT2D eigenvalue weighted by Gasteiger charge is -2.50. The number of Topliss-reactive ketones (excluding diaryl/α,β-unsaturated/α-hetero) is 1. The van der Waals surface area contributed by atoms with Crippen LogP contribution in [0.4, 0.5) is 5.13 Å². The zero-order valence-corrected chi connectivity index (χ0v) is 44.7. The molecule has 1 unspecified atom stereocenters. The number of amides is 2. The molecule has 384 valence electrons. The maximum atomic E-state index is 15.4. The Hall–Kier alpha value is -8.75. The van der Waals surface area contributed by atoms with E-state index in [1.807, 2.05) is 206 Å². The third-order valence-corrected chi connectivity index (χ3v) is 16.3. The molecule has 9 aromatic rings. The van der Waals surface area contributed by atoms with Crippen molar-refractivity contribution in [1.29, 1.82) is 0 Å². The fraction of sp³-hybridized carbons (Fsp3) is 0.108. The van der Waals surface area contributed by atoms with E-state index in [-0.39, 0.29) is 33.7 Å². The Bertz CT molecular complexity index is 3400. The van der Waals surface area contributed by atoms with Gasteiger partial charge in [-0.2, -0.15) is 0 Å². The highest BCUT2D eigenvalue weighted by molar-refractivity contribution is 8.00. The standard InChI is InChI=1S/C65H51N5O5S3/c1-44(71)53-42-77-61-56(60(73)70(61)57(53)62(76)74-58(45-26-10-2-11-27-45)46-28-12-3-13-29-46)67-59(72)55(69-75-65(50-36-20-7-21-37-50,51-38-22-8-23-39-51)52-40-24-9-25-41-52)54-43-78-63(66-54)68-64(47-30-14-4-15-31-47,48-32-16-5-17-33-48)49-34-18-6-19-35-49/h2-41,43,56,58,61H,42H2,1H3,(H,66,68)(H,67,72)/b69-55-/t56?,61-/m1/s1. The van der Waals surface area contributed by atoms with Gasteiger partial charge in [0.25, 0.3) is 11.8 Å². The van der Waals surface area contributed by atoms with Crippen molar-refractivity contribution in [2.24, 2.45) is 5.16 Å². The van der Waals surface area contributed by atoms with Crippen LogP contribution >= 0.6 is 35.3 Å². The molecule has 0 spiro atoms. The molecule has 2 aliphatic heterocycles. The van der Waals surface area contributed by atoms with Gasteiger partial charge in [-0.15, -0.1) is 23.1 Å². The van der Waals surface area contributed by atoms with Gasteiger partial charge in [-0.05, 0) is 47.0 Å². The predicted molar refractivity (Wildman–Crippen MR) is 313 cm³/mol. The van der Waals surface area contributed by atoms with Gasteiger partial charge in [0, 0.05) is 33.4 Å². The number of carbonyl (C=O) groups excluding carboxylic acids is 3. The van der Waals surface area contributed by atoms with Crippen LogP contribution in [-0.2, 0) is 35.1 Å². The number of rotatable bonds is 18. The Morgan fingerprint density at radius 2 is 1.04 bits per heavy atom. The van der Waals surface area contributed by atoms with E-state index in [9.17, 15) is 9.59 Å². The molecule has 0 aliphatic carbocycles. The number of benzene rings is 8. The zero-order valence-electron chi connectivity index (χ0n) is 42.2. The van der Waals surface area contributed by atoms with Crippen LogP contribution in [0.15, 0.2) is 264 Å². The number of hydrogen-bond acceptors (Lipinski definition) is 11. The monoisotopic (exact) mass is 1080 g/mol. The average molecular weight is 1080 g/mol. The minimum atomic E-state index is -1.37. The summed E-state index contributed by atoms with van der Waals surface area (Å²) in [4.78, 5) is 57.2. The highest BCUT2D eigenvalue weighted by Crippen LogP contribution is 2.45. The molecule has 10 nitrogen and oxygen atoms in total. The molecule has 2 amide bonds. The summed E-state index contributed by atoms with van der Waals surface area (Å²) in [5.41, 5.74) is 5.16. The van der Waals surface area contributed by atoms with Gasteiger partial charge < -0.3 is 20.2 Å². The molecular formula is C65H51N5O5S3. The van der Waals surface area contributed by atoms with E-state index in [1.54, 1.807) is 5.38 Å². The van der Waals surface area contributed by atoms with Crippen molar-refractivity contribution >= 4 is 68.8 Å². The molecule has 0 saturated carbocycles. The van der Waals surface area contributed by atoms with Crippen LogP contribution in [-0.4, -0.2) is 55.4 Å². The topological polar surface area (TPSA) is 122 Å². The summed E-state index contributed by atoms with van der Waals surface area (Å²) in [5, 5.41) is 13.4. The van der Waals surface area contributed by atoms with Crippen LogP contribution < -0.4 is 10.6 Å². The summed E-state index contributed by atoms with van der Waals surface area (Å²) in [6.07, 6.45) is -0.634. The molecule has 78 heavy (non-hydrogen) atoms. The number of thiocarbonyl (C=S) groups is 1. The number of oxime groups is 1. The van der Waals surface area contributed by atoms with Gasteiger partial charge in [0.15, 0.2) is 16.6 Å². The molecule has 2 N–H and O–H groups in total. The van der Waals surface area contributed by atoms with E-state index in [0.29, 0.717) is 10.7 Å². The quantitative estimate of drug-likeness (QED) is 0.0284. The van der Waals surface area contributed by atoms with E-state index in [1.165, 1.54) is 34.9 Å². The second kappa shape index (κ2) is 22.8. The van der Waals surface area contributed by atoms with Gasteiger partial charge in [-0.25, -0.2) is 4.98 Å². The van der Waals surface area contributed by atoms with Crippen LogP contribution in [0.1, 0.15) is 63.2 Å². The summed E-state index contributed by atoms with van der Waals surface area (Å²) in [6, 6.07) is 77.9. The molecule has 13 heteroatoms. The number of ketones is 1. The third-order valence-electron chi connectivity index (χ3n) is 14.0.